The van der Waals surface area contributed by atoms with Crippen LogP contribution in [0.5, 0.6) is 5.75 Å². The van der Waals surface area contributed by atoms with Crippen LogP contribution < -0.4 is 10.1 Å². The highest BCUT2D eigenvalue weighted by Crippen LogP contribution is 2.31. The highest BCUT2D eigenvalue weighted by atomic mass is 32.1. The minimum Gasteiger partial charge on any atom is -0.494 e. The lowest BCUT2D eigenvalue weighted by molar-refractivity contribution is 0.341. The lowest BCUT2D eigenvalue weighted by atomic mass is 10.1. The fourth-order valence-corrected chi connectivity index (χ4v) is 2.64. The van der Waals surface area contributed by atoms with Crippen molar-refractivity contribution >= 4 is 21.6 Å². The van der Waals surface area contributed by atoms with Crippen molar-refractivity contribution in [3.63, 3.8) is 0 Å². The number of benzene rings is 1. The van der Waals surface area contributed by atoms with Gasteiger partial charge >= 0.3 is 0 Å². The van der Waals surface area contributed by atoms with Gasteiger partial charge in [-0.15, -0.1) is 11.3 Å². The highest BCUT2D eigenvalue weighted by Gasteiger charge is 2.22. The van der Waals surface area contributed by atoms with Gasteiger partial charge in [0, 0.05) is 0 Å². The number of aromatic nitrogens is 1. The first-order valence-electron chi connectivity index (χ1n) is 5.79. The molecule has 0 aliphatic carbocycles. The van der Waals surface area contributed by atoms with Crippen LogP contribution in [0.1, 0.15) is 25.8 Å². The summed E-state index contributed by atoms with van der Waals surface area (Å²) >= 11 is 1.72. The number of nitrogens with one attached hydrogen (secondary N) is 1. The van der Waals surface area contributed by atoms with Crippen molar-refractivity contribution in [2.24, 2.45) is 0 Å². The molecule has 0 amide bonds. The first-order valence-corrected chi connectivity index (χ1v) is 6.61. The van der Waals surface area contributed by atoms with Gasteiger partial charge in [-0.25, -0.2) is 4.98 Å². The molecule has 92 valence electrons. The fraction of sp³-hybridized carbons (Fsp3) is 0.462. The molecule has 2 aromatic rings. The number of fused-ring (bicyclic) bond motifs is 1. The van der Waals surface area contributed by atoms with Crippen molar-refractivity contribution < 1.29 is 4.74 Å². The number of thiazole rings is 1. The fourth-order valence-electron chi connectivity index (χ4n) is 1.54. The third kappa shape index (κ3) is 2.42. The van der Waals surface area contributed by atoms with Gasteiger partial charge in [0.2, 0.25) is 0 Å². The summed E-state index contributed by atoms with van der Waals surface area (Å²) in [6.45, 7) is 6.95. The van der Waals surface area contributed by atoms with E-state index in [9.17, 15) is 0 Å². The minimum atomic E-state index is -0.0878. The molecule has 0 aliphatic rings. The van der Waals surface area contributed by atoms with Crippen LogP contribution in [0.25, 0.3) is 10.2 Å². The third-order valence-electron chi connectivity index (χ3n) is 2.83. The Balaban J connectivity index is 2.43. The number of rotatable bonds is 4. The van der Waals surface area contributed by atoms with E-state index >= 15 is 0 Å². The topological polar surface area (TPSA) is 34.1 Å². The average Bonchev–Trinajstić information content (AvgIpc) is 2.73. The van der Waals surface area contributed by atoms with E-state index in [1.54, 1.807) is 11.3 Å². The van der Waals surface area contributed by atoms with E-state index in [0.717, 1.165) is 16.3 Å². The predicted octanol–water partition coefficient (Wildman–Crippen LogP) is 3.15. The second-order valence-corrected chi connectivity index (χ2v) is 5.49. The Labute approximate surface area is 106 Å². The molecule has 0 saturated heterocycles. The second-order valence-electron chi connectivity index (χ2n) is 4.46. The summed E-state index contributed by atoms with van der Waals surface area (Å²) in [7, 11) is 1.96. The first-order chi connectivity index (χ1) is 8.06. The lowest BCUT2D eigenvalue weighted by Gasteiger charge is -2.20. The molecule has 0 aliphatic heterocycles. The minimum absolute atomic E-state index is 0.0878. The van der Waals surface area contributed by atoms with Crippen molar-refractivity contribution in [1.82, 2.24) is 10.3 Å². The number of nitrogens with zero attached hydrogens (tertiary/aromatic N) is 1. The highest BCUT2D eigenvalue weighted by molar-refractivity contribution is 7.18. The summed E-state index contributed by atoms with van der Waals surface area (Å²) in [5, 5.41) is 4.38. The van der Waals surface area contributed by atoms with Crippen LogP contribution >= 0.6 is 11.3 Å². The third-order valence-corrected chi connectivity index (χ3v) is 4.17. The number of hydrogen-bond donors (Lipinski definition) is 1. The molecule has 2 rings (SSSR count). The van der Waals surface area contributed by atoms with Crippen molar-refractivity contribution in [2.75, 3.05) is 13.7 Å². The smallest absolute Gasteiger partial charge is 0.120 e. The first kappa shape index (κ1) is 12.3. The Kier molecular flexibility index (Phi) is 3.35. The summed E-state index contributed by atoms with van der Waals surface area (Å²) in [5.74, 6) is 0.914. The van der Waals surface area contributed by atoms with E-state index in [1.807, 2.05) is 26.1 Å². The summed E-state index contributed by atoms with van der Waals surface area (Å²) in [6, 6.07) is 6.06. The van der Waals surface area contributed by atoms with Crippen LogP contribution in [0.2, 0.25) is 0 Å². The van der Waals surface area contributed by atoms with Crippen LogP contribution in [0.3, 0.4) is 0 Å². The zero-order chi connectivity index (χ0) is 12.5. The van der Waals surface area contributed by atoms with Crippen LogP contribution in [-0.2, 0) is 5.54 Å². The van der Waals surface area contributed by atoms with E-state index in [1.165, 1.54) is 4.70 Å². The van der Waals surface area contributed by atoms with Crippen molar-refractivity contribution in [3.05, 3.63) is 23.2 Å². The van der Waals surface area contributed by atoms with E-state index < -0.39 is 0 Å². The zero-order valence-electron chi connectivity index (χ0n) is 10.7. The SMILES string of the molecule is CCOc1ccc2nc(C(C)(C)NC)sc2c1. The van der Waals surface area contributed by atoms with Gasteiger partial charge in [-0.05, 0) is 46.0 Å². The molecular weight excluding hydrogens is 232 g/mol. The van der Waals surface area contributed by atoms with Gasteiger partial charge in [0.15, 0.2) is 0 Å². The van der Waals surface area contributed by atoms with Gasteiger partial charge in [0.05, 0.1) is 22.4 Å². The molecule has 17 heavy (non-hydrogen) atoms. The van der Waals surface area contributed by atoms with Crippen molar-refractivity contribution in [1.29, 1.82) is 0 Å². The number of hydrogen-bond acceptors (Lipinski definition) is 4. The summed E-state index contributed by atoms with van der Waals surface area (Å²) in [6.07, 6.45) is 0. The van der Waals surface area contributed by atoms with E-state index in [2.05, 4.69) is 30.2 Å². The van der Waals surface area contributed by atoms with E-state index in [4.69, 9.17) is 4.74 Å². The maximum absolute atomic E-state index is 5.50. The molecule has 0 bridgehead atoms. The summed E-state index contributed by atoms with van der Waals surface area (Å²) < 4.78 is 6.67. The van der Waals surface area contributed by atoms with Crippen LogP contribution in [-0.4, -0.2) is 18.6 Å². The molecule has 0 fully saturated rings. The molecule has 1 heterocycles. The molecule has 0 radical (unpaired) electrons. The van der Waals surface area contributed by atoms with Crippen LogP contribution in [0.4, 0.5) is 0 Å². The molecule has 0 saturated carbocycles. The molecule has 1 aromatic heterocycles. The zero-order valence-corrected chi connectivity index (χ0v) is 11.5. The van der Waals surface area contributed by atoms with Crippen LogP contribution in [0, 0.1) is 0 Å². The largest absolute Gasteiger partial charge is 0.494 e. The van der Waals surface area contributed by atoms with Crippen molar-refractivity contribution in [2.45, 2.75) is 26.3 Å². The Morgan fingerprint density at radius 2 is 2.18 bits per heavy atom. The van der Waals surface area contributed by atoms with Gasteiger partial charge in [-0.2, -0.15) is 0 Å². The Morgan fingerprint density at radius 3 is 2.82 bits per heavy atom. The van der Waals surface area contributed by atoms with Crippen LogP contribution in [0.15, 0.2) is 18.2 Å². The summed E-state index contributed by atoms with van der Waals surface area (Å²) in [5.41, 5.74) is 0.951. The Morgan fingerprint density at radius 1 is 1.41 bits per heavy atom. The number of ether oxygens (including phenoxy) is 1. The second kappa shape index (κ2) is 4.63. The molecule has 1 aromatic carbocycles. The lowest BCUT2D eigenvalue weighted by Crippen LogP contribution is -2.32. The van der Waals surface area contributed by atoms with E-state index in [0.29, 0.717) is 6.61 Å². The maximum atomic E-state index is 5.50. The van der Waals surface area contributed by atoms with Gasteiger partial charge in [-0.1, -0.05) is 0 Å². The molecule has 3 nitrogen and oxygen atoms in total. The summed E-state index contributed by atoms with van der Waals surface area (Å²) in [4.78, 5) is 4.66. The van der Waals surface area contributed by atoms with Gasteiger partial charge < -0.3 is 10.1 Å². The van der Waals surface area contributed by atoms with Gasteiger partial charge in [0.1, 0.15) is 10.8 Å². The monoisotopic (exact) mass is 250 g/mol. The molecular formula is C13H18N2OS. The average molecular weight is 250 g/mol. The normalized spacial score (nSPS) is 12.0. The standard InChI is InChI=1S/C13H18N2OS/c1-5-16-9-6-7-10-11(8-9)17-12(15-10)13(2,3)14-4/h6-8,14H,5H2,1-4H3. The predicted molar refractivity (Wildman–Crippen MR) is 72.9 cm³/mol. The quantitative estimate of drug-likeness (QED) is 0.905. The Hall–Kier alpha value is -1.13. The van der Waals surface area contributed by atoms with Gasteiger partial charge in [0.25, 0.3) is 0 Å². The Bertz CT molecular complexity index is 519. The van der Waals surface area contributed by atoms with Gasteiger partial charge in [-0.3, -0.25) is 0 Å². The van der Waals surface area contributed by atoms with E-state index in [-0.39, 0.29) is 5.54 Å². The molecule has 0 unspecified atom stereocenters. The molecule has 0 spiro atoms. The maximum Gasteiger partial charge on any atom is 0.120 e. The molecule has 0 atom stereocenters. The van der Waals surface area contributed by atoms with Crippen molar-refractivity contribution in [3.8, 4) is 5.75 Å². The molecule has 4 heteroatoms. The molecule has 1 N–H and O–H groups in total.